The standard InChI is InChI=1S/C17H29NO5Si/c1-16(2,3)24(6,7)20-9-12-14-15(23-17(4,5)22-14)13(21-12)11-8-18-10-19-11/h8,10,12-15H,9H2,1-7H3/t12-,13-,14-,15+/m1/s1. The minimum Gasteiger partial charge on any atom is -0.446 e. The number of rotatable bonds is 4. The second kappa shape index (κ2) is 5.91. The first-order valence-corrected chi connectivity index (χ1v) is 11.4. The lowest BCUT2D eigenvalue weighted by Crippen LogP contribution is -2.44. The number of oxazole rings is 1. The predicted octanol–water partition coefficient (Wildman–Crippen LogP) is 3.66. The molecular weight excluding hydrogens is 326 g/mol. The van der Waals surface area contributed by atoms with Crippen LogP contribution < -0.4 is 0 Å². The lowest BCUT2D eigenvalue weighted by Gasteiger charge is -2.37. The first-order chi connectivity index (χ1) is 11.0. The number of fused-ring (bicyclic) bond motifs is 1. The van der Waals surface area contributed by atoms with Crippen LogP contribution in [0.15, 0.2) is 17.0 Å². The molecule has 3 rings (SSSR count). The van der Waals surface area contributed by atoms with Gasteiger partial charge in [0.05, 0.1) is 12.8 Å². The number of hydrogen-bond acceptors (Lipinski definition) is 6. The molecule has 1 aromatic heterocycles. The molecule has 2 fully saturated rings. The van der Waals surface area contributed by atoms with Crippen molar-refractivity contribution in [2.75, 3.05) is 6.61 Å². The zero-order valence-corrected chi connectivity index (χ0v) is 16.7. The molecule has 0 bridgehead atoms. The van der Waals surface area contributed by atoms with Crippen molar-refractivity contribution in [3.8, 4) is 0 Å². The molecule has 0 N–H and O–H groups in total. The summed E-state index contributed by atoms with van der Waals surface area (Å²) in [5, 5.41) is 0.154. The molecule has 6 nitrogen and oxygen atoms in total. The van der Waals surface area contributed by atoms with Gasteiger partial charge >= 0.3 is 0 Å². The molecule has 3 heterocycles. The lowest BCUT2D eigenvalue weighted by molar-refractivity contribution is -0.192. The van der Waals surface area contributed by atoms with Crippen LogP contribution >= 0.6 is 0 Å². The maximum Gasteiger partial charge on any atom is 0.192 e. The van der Waals surface area contributed by atoms with E-state index in [4.69, 9.17) is 23.1 Å². The van der Waals surface area contributed by atoms with E-state index in [1.165, 1.54) is 6.39 Å². The summed E-state index contributed by atoms with van der Waals surface area (Å²) in [6.45, 7) is 15.5. The van der Waals surface area contributed by atoms with E-state index < -0.39 is 14.1 Å². The van der Waals surface area contributed by atoms with E-state index in [2.05, 4.69) is 38.8 Å². The Morgan fingerprint density at radius 1 is 1.21 bits per heavy atom. The third-order valence-electron chi connectivity index (χ3n) is 5.30. The third-order valence-corrected chi connectivity index (χ3v) is 9.80. The van der Waals surface area contributed by atoms with Gasteiger partial charge in [0.2, 0.25) is 0 Å². The van der Waals surface area contributed by atoms with Crippen LogP contribution in [0.3, 0.4) is 0 Å². The Bertz CT molecular complexity index is 566. The third kappa shape index (κ3) is 3.32. The minimum atomic E-state index is -1.85. The van der Waals surface area contributed by atoms with Crippen molar-refractivity contribution in [2.45, 2.75) is 83.0 Å². The summed E-state index contributed by atoms with van der Waals surface area (Å²) in [6.07, 6.45) is 2.22. The average Bonchev–Trinajstić information content (AvgIpc) is 3.10. The van der Waals surface area contributed by atoms with E-state index in [1.54, 1.807) is 6.20 Å². The van der Waals surface area contributed by atoms with Crippen molar-refractivity contribution >= 4 is 8.32 Å². The minimum absolute atomic E-state index is 0.154. The zero-order valence-electron chi connectivity index (χ0n) is 15.7. The van der Waals surface area contributed by atoms with Gasteiger partial charge in [-0.3, -0.25) is 0 Å². The monoisotopic (exact) mass is 355 g/mol. The fourth-order valence-electron chi connectivity index (χ4n) is 2.92. The van der Waals surface area contributed by atoms with Crippen LogP contribution in [-0.2, 0) is 18.6 Å². The molecule has 2 aliphatic heterocycles. The average molecular weight is 356 g/mol. The van der Waals surface area contributed by atoms with E-state index in [1.807, 2.05) is 13.8 Å². The second-order valence-electron chi connectivity index (χ2n) is 8.64. The highest BCUT2D eigenvalue weighted by Gasteiger charge is 2.56. The van der Waals surface area contributed by atoms with Gasteiger partial charge in [-0.1, -0.05) is 20.8 Å². The SMILES string of the molecule is CC1(C)O[C@@H]2[C@H](O1)[C@@H](CO[Si](C)(C)C(C)(C)C)O[C@@H]2c1cnco1. The number of nitrogens with zero attached hydrogens (tertiary/aromatic N) is 1. The molecule has 7 heteroatoms. The van der Waals surface area contributed by atoms with Gasteiger partial charge in [-0.25, -0.2) is 4.98 Å². The van der Waals surface area contributed by atoms with E-state index in [0.717, 1.165) is 0 Å². The van der Waals surface area contributed by atoms with Crippen LogP contribution in [0, 0.1) is 0 Å². The highest BCUT2D eigenvalue weighted by atomic mass is 28.4. The van der Waals surface area contributed by atoms with Crippen molar-refractivity contribution in [2.24, 2.45) is 0 Å². The Hall–Kier alpha value is -0.733. The summed E-state index contributed by atoms with van der Waals surface area (Å²) >= 11 is 0. The van der Waals surface area contributed by atoms with Crippen molar-refractivity contribution in [3.05, 3.63) is 18.4 Å². The van der Waals surface area contributed by atoms with Gasteiger partial charge in [-0.2, -0.15) is 0 Å². The summed E-state index contributed by atoms with van der Waals surface area (Å²) < 4.78 is 30.1. The summed E-state index contributed by atoms with van der Waals surface area (Å²) in [7, 11) is -1.85. The molecule has 24 heavy (non-hydrogen) atoms. The van der Waals surface area contributed by atoms with Crippen LogP contribution in [0.25, 0.3) is 0 Å². The smallest absolute Gasteiger partial charge is 0.192 e. The second-order valence-corrected chi connectivity index (χ2v) is 13.4. The van der Waals surface area contributed by atoms with E-state index >= 15 is 0 Å². The molecule has 0 saturated carbocycles. The van der Waals surface area contributed by atoms with Crippen LogP contribution in [0.5, 0.6) is 0 Å². The molecule has 1 aromatic rings. The molecule has 0 aliphatic carbocycles. The van der Waals surface area contributed by atoms with E-state index in [-0.39, 0.29) is 29.5 Å². The van der Waals surface area contributed by atoms with Crippen LogP contribution in [0.2, 0.25) is 18.1 Å². The summed E-state index contributed by atoms with van der Waals surface area (Å²) in [4.78, 5) is 3.99. The van der Waals surface area contributed by atoms with Crippen molar-refractivity contribution in [3.63, 3.8) is 0 Å². The maximum absolute atomic E-state index is 6.35. The predicted molar refractivity (Wildman–Crippen MR) is 91.1 cm³/mol. The summed E-state index contributed by atoms with van der Waals surface area (Å²) in [5.74, 6) is 0.0354. The van der Waals surface area contributed by atoms with Crippen LogP contribution in [-0.4, -0.2) is 44.0 Å². The fourth-order valence-corrected chi connectivity index (χ4v) is 3.93. The Balaban J connectivity index is 1.74. The molecule has 0 aromatic carbocycles. The van der Waals surface area contributed by atoms with Crippen LogP contribution in [0.4, 0.5) is 0 Å². The van der Waals surface area contributed by atoms with Gasteiger partial charge in [0.1, 0.15) is 24.4 Å². The van der Waals surface area contributed by atoms with Crippen LogP contribution in [0.1, 0.15) is 46.5 Å². The van der Waals surface area contributed by atoms with Gasteiger partial charge in [0.15, 0.2) is 26.3 Å². The molecule has 136 valence electrons. The Labute approximate surface area is 145 Å². The lowest BCUT2D eigenvalue weighted by atomic mass is 10.1. The number of ether oxygens (including phenoxy) is 3. The van der Waals surface area contributed by atoms with Gasteiger partial charge in [-0.15, -0.1) is 0 Å². The molecule has 0 amide bonds. The zero-order chi connectivity index (χ0) is 17.8. The Morgan fingerprint density at radius 2 is 1.88 bits per heavy atom. The van der Waals surface area contributed by atoms with Gasteiger partial charge in [0, 0.05) is 0 Å². The molecule has 2 aliphatic rings. The molecule has 2 saturated heterocycles. The molecule has 0 unspecified atom stereocenters. The molecule has 0 spiro atoms. The van der Waals surface area contributed by atoms with Gasteiger partial charge in [0.25, 0.3) is 0 Å². The highest BCUT2D eigenvalue weighted by Crippen LogP contribution is 2.46. The molecule has 0 radical (unpaired) electrons. The first kappa shape index (κ1) is 18.1. The largest absolute Gasteiger partial charge is 0.446 e. The van der Waals surface area contributed by atoms with E-state index in [0.29, 0.717) is 12.4 Å². The van der Waals surface area contributed by atoms with Crippen molar-refractivity contribution in [1.82, 2.24) is 4.98 Å². The van der Waals surface area contributed by atoms with Crippen molar-refractivity contribution in [1.29, 1.82) is 0 Å². The molecule has 4 atom stereocenters. The topological polar surface area (TPSA) is 63.0 Å². The van der Waals surface area contributed by atoms with Crippen molar-refractivity contribution < 1.29 is 23.1 Å². The van der Waals surface area contributed by atoms with E-state index in [9.17, 15) is 0 Å². The fraction of sp³-hybridized carbons (Fsp3) is 0.824. The normalized spacial score (nSPS) is 33.0. The highest BCUT2D eigenvalue weighted by molar-refractivity contribution is 6.74. The van der Waals surface area contributed by atoms with Gasteiger partial charge in [-0.05, 0) is 32.0 Å². The molecular formula is C17H29NO5Si. The summed E-state index contributed by atoms with van der Waals surface area (Å²) in [6, 6.07) is 0. The first-order valence-electron chi connectivity index (χ1n) is 8.54. The number of hydrogen-bond donors (Lipinski definition) is 0. The van der Waals surface area contributed by atoms with Gasteiger partial charge < -0.3 is 23.1 Å². The quantitative estimate of drug-likeness (QED) is 0.768. The Kier molecular flexibility index (Phi) is 4.45. The Morgan fingerprint density at radius 3 is 2.46 bits per heavy atom. The summed E-state index contributed by atoms with van der Waals surface area (Å²) in [5.41, 5.74) is 0. The maximum atomic E-state index is 6.35. The number of aromatic nitrogens is 1.